The Morgan fingerprint density at radius 1 is 1.83 bits per heavy atom. The first-order chi connectivity index (χ1) is 2.89. The molecule has 1 N–H and O–H groups in total. The molecular formula is C3H5NOSe. The van der Waals surface area contributed by atoms with Crippen molar-refractivity contribution in [2.24, 2.45) is 0 Å². The van der Waals surface area contributed by atoms with Crippen molar-refractivity contribution in [2.75, 3.05) is 6.54 Å². The Morgan fingerprint density at radius 3 is 2.83 bits per heavy atom. The topological polar surface area (TPSA) is 29.1 Å². The minimum absolute atomic E-state index is 0.266. The van der Waals surface area contributed by atoms with Gasteiger partial charge in [-0.2, -0.15) is 0 Å². The van der Waals surface area contributed by atoms with E-state index in [9.17, 15) is 4.79 Å². The number of hydrogen-bond acceptors (Lipinski definition) is 1. The van der Waals surface area contributed by atoms with E-state index in [0.29, 0.717) is 0 Å². The molecule has 1 fully saturated rings. The number of rotatable bonds is 0. The zero-order valence-electron chi connectivity index (χ0n) is 3.23. The van der Waals surface area contributed by atoms with Crippen LogP contribution in [0.15, 0.2) is 0 Å². The molecule has 1 aliphatic heterocycles. The van der Waals surface area contributed by atoms with Gasteiger partial charge in [0.15, 0.2) is 0 Å². The van der Waals surface area contributed by atoms with Crippen LogP contribution in [-0.4, -0.2) is 26.3 Å². The van der Waals surface area contributed by atoms with E-state index in [0.717, 1.165) is 11.9 Å². The van der Waals surface area contributed by atoms with Crippen LogP contribution in [0.3, 0.4) is 0 Å². The fourth-order valence-corrected chi connectivity index (χ4v) is 1.59. The van der Waals surface area contributed by atoms with Crippen molar-refractivity contribution in [1.29, 1.82) is 0 Å². The summed E-state index contributed by atoms with van der Waals surface area (Å²) in [4.78, 5) is 10.4. The van der Waals surface area contributed by atoms with Crippen LogP contribution in [0, 0.1) is 0 Å². The summed E-state index contributed by atoms with van der Waals surface area (Å²) in [6.07, 6.45) is 0. The van der Waals surface area contributed by atoms with E-state index in [1.165, 1.54) is 0 Å². The molecule has 0 aromatic rings. The van der Waals surface area contributed by atoms with Gasteiger partial charge < -0.3 is 0 Å². The van der Waals surface area contributed by atoms with Crippen molar-refractivity contribution in [1.82, 2.24) is 5.32 Å². The first-order valence-corrected chi connectivity index (χ1v) is 3.87. The van der Waals surface area contributed by atoms with Gasteiger partial charge in [0.1, 0.15) is 0 Å². The van der Waals surface area contributed by atoms with Crippen molar-refractivity contribution < 1.29 is 4.79 Å². The van der Waals surface area contributed by atoms with Crippen molar-refractivity contribution in [3.63, 3.8) is 0 Å². The maximum absolute atomic E-state index is 10.2. The molecule has 0 spiro atoms. The summed E-state index contributed by atoms with van der Waals surface area (Å²) in [7, 11) is 0. The maximum atomic E-state index is 10.2. The van der Waals surface area contributed by atoms with Gasteiger partial charge in [-0.25, -0.2) is 0 Å². The normalized spacial score (nSPS) is 21.0. The van der Waals surface area contributed by atoms with Crippen LogP contribution in [0.2, 0.25) is 5.32 Å². The summed E-state index contributed by atoms with van der Waals surface area (Å²) in [6.45, 7) is 0.916. The second kappa shape index (κ2) is 1.63. The summed E-state index contributed by atoms with van der Waals surface area (Å²) >= 11 is 0.278. The van der Waals surface area contributed by atoms with Gasteiger partial charge >= 0.3 is 41.7 Å². The van der Waals surface area contributed by atoms with Gasteiger partial charge in [0.25, 0.3) is 0 Å². The Kier molecular flexibility index (Phi) is 1.13. The number of carbonyl (C=O) groups is 1. The van der Waals surface area contributed by atoms with Crippen molar-refractivity contribution in [3.05, 3.63) is 0 Å². The van der Waals surface area contributed by atoms with E-state index in [4.69, 9.17) is 0 Å². The molecule has 0 bridgehead atoms. The molecule has 0 radical (unpaired) electrons. The van der Waals surface area contributed by atoms with Crippen LogP contribution >= 0.6 is 0 Å². The molecule has 6 heavy (non-hydrogen) atoms. The Balaban J connectivity index is 2.37. The molecule has 2 nitrogen and oxygen atoms in total. The molecule has 0 atom stereocenters. The van der Waals surface area contributed by atoms with Gasteiger partial charge in [-0.15, -0.1) is 0 Å². The molecule has 1 aliphatic rings. The SMILES string of the molecule is O=C1NCC[Se]1. The van der Waals surface area contributed by atoms with Crippen LogP contribution in [0.25, 0.3) is 0 Å². The third-order valence-electron chi connectivity index (χ3n) is 0.605. The molecule has 0 saturated carbocycles. The van der Waals surface area contributed by atoms with Gasteiger partial charge in [-0.05, 0) is 0 Å². The average molecular weight is 150 g/mol. The van der Waals surface area contributed by atoms with Crippen LogP contribution in [-0.2, 0) is 0 Å². The second-order valence-electron chi connectivity index (χ2n) is 1.06. The van der Waals surface area contributed by atoms with Crippen molar-refractivity contribution in [2.45, 2.75) is 5.32 Å². The van der Waals surface area contributed by atoms with Gasteiger partial charge in [0, 0.05) is 0 Å². The fourth-order valence-electron chi connectivity index (χ4n) is 0.348. The van der Waals surface area contributed by atoms with Gasteiger partial charge in [0.2, 0.25) is 0 Å². The predicted molar refractivity (Wildman–Crippen MR) is 24.0 cm³/mol. The zero-order chi connectivity index (χ0) is 4.41. The Bertz CT molecular complexity index is 65.2. The first kappa shape index (κ1) is 4.16. The third-order valence-corrected chi connectivity index (χ3v) is 2.31. The van der Waals surface area contributed by atoms with E-state index in [2.05, 4.69) is 5.32 Å². The summed E-state index contributed by atoms with van der Waals surface area (Å²) in [5.74, 6) is 0. The molecule has 0 aliphatic carbocycles. The molecule has 1 heterocycles. The molecule has 34 valence electrons. The summed E-state index contributed by atoms with van der Waals surface area (Å²) in [6, 6.07) is 0. The average Bonchev–Trinajstić information content (AvgIpc) is 1.86. The minimum atomic E-state index is 0.266. The quantitative estimate of drug-likeness (QED) is 0.477. The van der Waals surface area contributed by atoms with E-state index >= 15 is 0 Å². The monoisotopic (exact) mass is 151 g/mol. The zero-order valence-corrected chi connectivity index (χ0v) is 4.94. The number of nitrogens with one attached hydrogen (secondary N) is 1. The molecule has 1 saturated heterocycles. The van der Waals surface area contributed by atoms with E-state index in [-0.39, 0.29) is 19.8 Å². The van der Waals surface area contributed by atoms with E-state index < -0.39 is 0 Å². The molecule has 1 amide bonds. The van der Waals surface area contributed by atoms with Gasteiger partial charge in [-0.3, -0.25) is 0 Å². The van der Waals surface area contributed by atoms with E-state index in [1.807, 2.05) is 0 Å². The summed E-state index contributed by atoms with van der Waals surface area (Å²) < 4.78 is 0. The van der Waals surface area contributed by atoms with E-state index in [1.54, 1.807) is 0 Å². The molecule has 1 rings (SSSR count). The summed E-state index contributed by atoms with van der Waals surface area (Å²) in [5, 5.41) is 3.80. The number of hydrogen-bond donors (Lipinski definition) is 1. The number of carbonyl (C=O) groups excluding carboxylic acids is 1. The predicted octanol–water partition coefficient (Wildman–Crippen LogP) is -0.168. The first-order valence-electron chi connectivity index (χ1n) is 1.80. The molecule has 0 aromatic carbocycles. The standard InChI is InChI=1S/C3H5NOSe/c5-3-4-1-2-6-3/h1-2H2,(H,4,5). The molecular weight excluding hydrogens is 145 g/mol. The van der Waals surface area contributed by atoms with Gasteiger partial charge in [-0.1, -0.05) is 0 Å². The molecule has 3 heteroatoms. The van der Waals surface area contributed by atoms with Crippen LogP contribution in [0.5, 0.6) is 0 Å². The Labute approximate surface area is 42.5 Å². The fraction of sp³-hybridized carbons (Fsp3) is 0.667. The third kappa shape index (κ3) is 0.730. The molecule has 0 aromatic heterocycles. The Hall–Kier alpha value is -0.0105. The molecule has 0 unspecified atom stereocenters. The summed E-state index contributed by atoms with van der Waals surface area (Å²) in [5.41, 5.74) is 0. The van der Waals surface area contributed by atoms with Gasteiger partial charge in [0.05, 0.1) is 0 Å². The van der Waals surface area contributed by atoms with Crippen LogP contribution < -0.4 is 5.32 Å². The van der Waals surface area contributed by atoms with Crippen LogP contribution in [0.4, 0.5) is 4.79 Å². The second-order valence-corrected chi connectivity index (χ2v) is 3.30. The van der Waals surface area contributed by atoms with Crippen LogP contribution in [0.1, 0.15) is 0 Å². The number of amides is 1. The van der Waals surface area contributed by atoms with Crippen molar-refractivity contribution in [3.8, 4) is 0 Å². The van der Waals surface area contributed by atoms with Crippen molar-refractivity contribution >= 4 is 19.8 Å². The Morgan fingerprint density at radius 2 is 2.67 bits per heavy atom.